The molecule has 1 amide bonds. The summed E-state index contributed by atoms with van der Waals surface area (Å²) in [6.45, 7) is 0. The van der Waals surface area contributed by atoms with E-state index in [0.717, 1.165) is 11.1 Å². The second-order valence-corrected chi connectivity index (χ2v) is 9.05. The molecule has 0 radical (unpaired) electrons. The number of anilines is 1. The van der Waals surface area contributed by atoms with Gasteiger partial charge in [0.2, 0.25) is 0 Å². The number of Topliss-reactive ketones (excluding diaryl/α,β-unsaturated/α-hetero) is 1. The Morgan fingerprint density at radius 1 is 0.921 bits per heavy atom. The minimum atomic E-state index is -0.756. The highest BCUT2D eigenvalue weighted by molar-refractivity contribution is 5.96. The first-order valence-corrected chi connectivity index (χ1v) is 12.2. The second kappa shape index (κ2) is 10.7. The number of aldehydes is 1. The molecule has 1 saturated heterocycles. The van der Waals surface area contributed by atoms with E-state index in [1.54, 1.807) is 24.3 Å². The molecule has 4 aromatic rings. The zero-order chi connectivity index (χ0) is 26.6. The molecule has 6 nitrogen and oxygen atoms in total. The average molecular weight is 510 g/mol. The molecular weight excluding hydrogens is 485 g/mol. The average Bonchev–Trinajstić information content (AvgIpc) is 3.28. The Hall–Kier alpha value is -4.78. The van der Waals surface area contributed by atoms with Crippen molar-refractivity contribution in [1.29, 1.82) is 0 Å². The van der Waals surface area contributed by atoms with Crippen LogP contribution in [0.4, 0.5) is 14.9 Å². The van der Waals surface area contributed by atoms with E-state index in [9.17, 15) is 23.9 Å². The largest absolute Gasteiger partial charge is 0.508 e. The maximum Gasteiger partial charge on any atom is 0.415 e. The molecule has 0 aromatic heterocycles. The lowest BCUT2D eigenvalue weighted by molar-refractivity contribution is 0.0921. The number of hydrogen-bond donors (Lipinski definition) is 1. The third-order valence-corrected chi connectivity index (χ3v) is 6.66. The minimum absolute atomic E-state index is 0.0497. The Balaban J connectivity index is 1.46. The number of carbonyl (C=O) groups excluding carboxylic acids is 3. The molecule has 190 valence electrons. The monoisotopic (exact) mass is 509 g/mol. The van der Waals surface area contributed by atoms with Gasteiger partial charge in [-0.25, -0.2) is 9.18 Å². The number of hydrogen-bond acceptors (Lipinski definition) is 5. The first kappa shape index (κ1) is 24.9. The molecule has 1 aliphatic heterocycles. The second-order valence-electron chi connectivity index (χ2n) is 9.05. The highest BCUT2D eigenvalue weighted by atomic mass is 19.1. The van der Waals surface area contributed by atoms with E-state index in [4.69, 9.17) is 4.74 Å². The first-order chi connectivity index (χ1) is 18.4. The number of aromatic hydroxyl groups is 1. The molecule has 0 unspecified atom stereocenters. The summed E-state index contributed by atoms with van der Waals surface area (Å²) in [6, 6.07) is 26.2. The molecule has 7 heteroatoms. The molecule has 0 aliphatic carbocycles. The lowest BCUT2D eigenvalue weighted by Gasteiger charge is -2.26. The molecule has 1 aliphatic rings. The fourth-order valence-electron chi connectivity index (χ4n) is 4.74. The van der Waals surface area contributed by atoms with E-state index in [1.165, 1.54) is 35.2 Å². The zero-order valence-corrected chi connectivity index (χ0v) is 20.3. The van der Waals surface area contributed by atoms with Gasteiger partial charge in [-0.2, -0.15) is 0 Å². The lowest BCUT2D eigenvalue weighted by atomic mass is 9.93. The van der Waals surface area contributed by atoms with Crippen LogP contribution in [0, 0.1) is 5.82 Å². The van der Waals surface area contributed by atoms with Crippen LogP contribution in [0.15, 0.2) is 97.1 Å². The van der Waals surface area contributed by atoms with Gasteiger partial charge in [0.1, 0.15) is 30.0 Å². The number of carbonyl (C=O) groups is 3. The number of amides is 1. The van der Waals surface area contributed by atoms with Crippen molar-refractivity contribution in [2.24, 2.45) is 0 Å². The van der Waals surface area contributed by atoms with Crippen LogP contribution in [0.1, 0.15) is 45.2 Å². The van der Waals surface area contributed by atoms with Gasteiger partial charge in [-0.15, -0.1) is 0 Å². The summed E-state index contributed by atoms with van der Waals surface area (Å²) in [5, 5.41) is 10.8. The number of benzene rings is 4. The molecule has 2 atom stereocenters. The van der Waals surface area contributed by atoms with Crippen LogP contribution in [-0.2, 0) is 4.74 Å². The quantitative estimate of drug-likeness (QED) is 0.210. The number of ketones is 1. The van der Waals surface area contributed by atoms with Gasteiger partial charge in [0.25, 0.3) is 0 Å². The van der Waals surface area contributed by atoms with Crippen molar-refractivity contribution in [3.63, 3.8) is 0 Å². The molecule has 0 saturated carbocycles. The fraction of sp³-hybridized carbons (Fsp3) is 0.129. The third kappa shape index (κ3) is 5.04. The summed E-state index contributed by atoms with van der Waals surface area (Å²) in [4.78, 5) is 38.6. The van der Waals surface area contributed by atoms with E-state index < -0.39 is 24.1 Å². The summed E-state index contributed by atoms with van der Waals surface area (Å²) in [5.41, 5.74) is 3.60. The van der Waals surface area contributed by atoms with E-state index in [0.29, 0.717) is 28.7 Å². The van der Waals surface area contributed by atoms with Gasteiger partial charge in [-0.3, -0.25) is 14.5 Å². The summed E-state index contributed by atoms with van der Waals surface area (Å²) in [7, 11) is 0. The van der Waals surface area contributed by atoms with Crippen LogP contribution < -0.4 is 4.90 Å². The van der Waals surface area contributed by atoms with Gasteiger partial charge in [-0.1, -0.05) is 54.6 Å². The standard InChI is InChI=1S/C31H24FNO5/c32-24-11-7-23(8-12-24)27(35)16-17-29-30(26-15-6-20(19-34)18-28(26)36)33(31(37)38-29)25-13-9-22(10-14-25)21-4-2-1-3-5-21/h1-15,18-19,29-30,36H,16-17H2/t29-,30-/m1/s1. The molecule has 0 spiro atoms. The van der Waals surface area contributed by atoms with E-state index in [1.807, 2.05) is 42.5 Å². The molecular formula is C31H24FNO5. The van der Waals surface area contributed by atoms with Crippen LogP contribution in [0.25, 0.3) is 11.1 Å². The molecule has 1 fully saturated rings. The summed E-state index contributed by atoms with van der Waals surface area (Å²) in [5.74, 6) is -0.806. The lowest BCUT2D eigenvalue weighted by Crippen LogP contribution is -2.29. The highest BCUT2D eigenvalue weighted by Crippen LogP contribution is 2.42. The van der Waals surface area contributed by atoms with Crippen molar-refractivity contribution >= 4 is 23.9 Å². The number of phenols is 1. The van der Waals surface area contributed by atoms with Gasteiger partial charge in [0.15, 0.2) is 5.78 Å². The smallest absolute Gasteiger partial charge is 0.415 e. The minimum Gasteiger partial charge on any atom is -0.508 e. The fourth-order valence-corrected chi connectivity index (χ4v) is 4.74. The number of phenolic OH excluding ortho intramolecular Hbond substituents is 1. The third-order valence-electron chi connectivity index (χ3n) is 6.66. The Kier molecular flexibility index (Phi) is 7.00. The predicted molar refractivity (Wildman–Crippen MR) is 141 cm³/mol. The Bertz CT molecular complexity index is 1470. The van der Waals surface area contributed by atoms with E-state index in [-0.39, 0.29) is 24.4 Å². The SMILES string of the molecule is O=Cc1ccc([C@@H]2[C@@H](CCC(=O)c3ccc(F)cc3)OC(=O)N2c2ccc(-c3ccccc3)cc2)c(O)c1. The van der Waals surface area contributed by atoms with Crippen LogP contribution in [0.3, 0.4) is 0 Å². The van der Waals surface area contributed by atoms with E-state index >= 15 is 0 Å². The topological polar surface area (TPSA) is 83.9 Å². The van der Waals surface area contributed by atoms with Crippen molar-refractivity contribution in [2.75, 3.05) is 4.90 Å². The molecule has 0 bridgehead atoms. The Labute approximate surface area is 218 Å². The number of halogens is 1. The molecule has 1 heterocycles. The number of rotatable bonds is 8. The Morgan fingerprint density at radius 3 is 2.26 bits per heavy atom. The van der Waals surface area contributed by atoms with Gasteiger partial charge in [0.05, 0.1) is 0 Å². The van der Waals surface area contributed by atoms with Crippen molar-refractivity contribution in [1.82, 2.24) is 0 Å². The number of ether oxygens (including phenoxy) is 1. The maximum atomic E-state index is 13.3. The van der Waals surface area contributed by atoms with Crippen molar-refractivity contribution < 1.29 is 28.6 Å². The van der Waals surface area contributed by atoms with Crippen molar-refractivity contribution in [3.05, 3.63) is 120 Å². The van der Waals surface area contributed by atoms with Crippen LogP contribution in [-0.4, -0.2) is 29.4 Å². The molecule has 38 heavy (non-hydrogen) atoms. The van der Waals surface area contributed by atoms with Crippen LogP contribution in [0.2, 0.25) is 0 Å². The van der Waals surface area contributed by atoms with Gasteiger partial charge >= 0.3 is 6.09 Å². The van der Waals surface area contributed by atoms with Crippen LogP contribution in [0.5, 0.6) is 5.75 Å². The Morgan fingerprint density at radius 2 is 1.61 bits per heavy atom. The van der Waals surface area contributed by atoms with Crippen LogP contribution >= 0.6 is 0 Å². The normalized spacial score (nSPS) is 16.8. The van der Waals surface area contributed by atoms with Gasteiger partial charge in [-0.05, 0) is 60.0 Å². The molecule has 4 aromatic carbocycles. The summed E-state index contributed by atoms with van der Waals surface area (Å²) < 4.78 is 19.0. The summed E-state index contributed by atoms with van der Waals surface area (Å²) >= 11 is 0. The summed E-state index contributed by atoms with van der Waals surface area (Å²) in [6.07, 6.45) is -0.512. The highest BCUT2D eigenvalue weighted by Gasteiger charge is 2.44. The van der Waals surface area contributed by atoms with E-state index in [2.05, 4.69) is 0 Å². The molecule has 1 N–H and O–H groups in total. The van der Waals surface area contributed by atoms with Crippen molar-refractivity contribution in [3.8, 4) is 16.9 Å². The maximum absolute atomic E-state index is 13.3. The first-order valence-electron chi connectivity index (χ1n) is 12.2. The molecule has 5 rings (SSSR count). The number of nitrogens with zero attached hydrogens (tertiary/aromatic N) is 1. The van der Waals surface area contributed by atoms with Gasteiger partial charge < -0.3 is 9.84 Å². The number of cyclic esters (lactones) is 1. The predicted octanol–water partition coefficient (Wildman–Crippen LogP) is 6.74. The van der Waals surface area contributed by atoms with Crippen molar-refractivity contribution in [2.45, 2.75) is 25.0 Å². The van der Waals surface area contributed by atoms with Gasteiger partial charge in [0, 0.05) is 28.8 Å². The zero-order valence-electron chi connectivity index (χ0n) is 20.3.